The number of piperidine rings is 1. The summed E-state index contributed by atoms with van der Waals surface area (Å²) in [6, 6.07) is -2.74. The number of carbonyl (C=O) groups is 5. The van der Waals surface area contributed by atoms with Gasteiger partial charge in [-0.1, -0.05) is 39.5 Å². The summed E-state index contributed by atoms with van der Waals surface area (Å²) in [6.07, 6.45) is 4.96. The van der Waals surface area contributed by atoms with Gasteiger partial charge in [0.1, 0.15) is 17.7 Å². The minimum absolute atomic E-state index is 0.0510. The number of carboxylic acid groups (broad SMARTS) is 1. The highest BCUT2D eigenvalue weighted by molar-refractivity contribution is 6.35. The van der Waals surface area contributed by atoms with E-state index in [1.54, 1.807) is 25.7 Å². The van der Waals surface area contributed by atoms with Crippen LogP contribution in [0.3, 0.4) is 0 Å². The molecule has 0 spiro atoms. The highest BCUT2D eigenvalue weighted by atomic mass is 16.6. The number of amides is 3. The number of hydrogen-bond donors (Lipinski definition) is 3. The first-order chi connectivity index (χ1) is 17.2. The lowest BCUT2D eigenvalue weighted by molar-refractivity contribution is -0.151. The second-order valence-electron chi connectivity index (χ2n) is 13.0. The summed E-state index contributed by atoms with van der Waals surface area (Å²) in [5.74, 6) is -3.21. The molecule has 3 N–H and O–H groups in total. The third-order valence-electron chi connectivity index (χ3n) is 8.68. The average molecular weight is 520 g/mol. The van der Waals surface area contributed by atoms with Gasteiger partial charge < -0.3 is 25.4 Å². The van der Waals surface area contributed by atoms with Crippen molar-refractivity contribution in [3.8, 4) is 0 Å². The van der Waals surface area contributed by atoms with Crippen LogP contribution < -0.4 is 10.6 Å². The van der Waals surface area contributed by atoms with Gasteiger partial charge in [-0.15, -0.1) is 0 Å². The van der Waals surface area contributed by atoms with Crippen LogP contribution >= 0.6 is 0 Å². The highest BCUT2D eigenvalue weighted by Gasteiger charge is 2.69. The van der Waals surface area contributed by atoms with Crippen LogP contribution in [0.2, 0.25) is 0 Å². The maximum Gasteiger partial charge on any atom is 0.408 e. The number of hydrogen-bond acceptors (Lipinski definition) is 6. The van der Waals surface area contributed by atoms with Crippen LogP contribution in [-0.2, 0) is 23.9 Å². The van der Waals surface area contributed by atoms with Gasteiger partial charge in [0.05, 0.1) is 6.04 Å². The molecule has 5 unspecified atom stereocenters. The molecule has 1 heterocycles. The molecule has 0 aromatic carbocycles. The Balaban J connectivity index is 1.54. The van der Waals surface area contributed by atoms with Gasteiger partial charge in [-0.25, -0.2) is 9.59 Å². The number of ether oxygens (including phenoxy) is 1. The number of aliphatic carboxylic acids is 1. The van der Waals surface area contributed by atoms with Crippen LogP contribution in [0.25, 0.3) is 0 Å². The second-order valence-corrected chi connectivity index (χ2v) is 13.0. The lowest BCUT2D eigenvalue weighted by atomic mass is 9.94. The molecule has 0 radical (unpaired) electrons. The van der Waals surface area contributed by atoms with Crippen molar-refractivity contribution in [2.24, 2.45) is 29.1 Å². The van der Waals surface area contributed by atoms with Gasteiger partial charge >= 0.3 is 12.1 Å². The van der Waals surface area contributed by atoms with Crippen molar-refractivity contribution in [1.82, 2.24) is 15.5 Å². The number of carboxylic acids is 1. The maximum absolute atomic E-state index is 14.0. The molecule has 37 heavy (non-hydrogen) atoms. The Bertz CT molecular complexity index is 962. The monoisotopic (exact) mass is 519 g/mol. The lowest BCUT2D eigenvalue weighted by Crippen LogP contribution is -2.59. The molecular weight excluding hydrogens is 478 g/mol. The molecule has 4 fully saturated rings. The summed E-state index contributed by atoms with van der Waals surface area (Å²) < 4.78 is 5.43. The quantitative estimate of drug-likeness (QED) is 0.397. The van der Waals surface area contributed by atoms with Gasteiger partial charge in [0, 0.05) is 6.54 Å². The largest absolute Gasteiger partial charge is 0.475 e. The van der Waals surface area contributed by atoms with Crippen LogP contribution in [0.4, 0.5) is 4.79 Å². The van der Waals surface area contributed by atoms with Gasteiger partial charge in [0.25, 0.3) is 5.78 Å². The minimum Gasteiger partial charge on any atom is -0.475 e. The van der Waals surface area contributed by atoms with Crippen LogP contribution in [0.15, 0.2) is 0 Å². The van der Waals surface area contributed by atoms with Crippen LogP contribution in [-0.4, -0.2) is 69.9 Å². The van der Waals surface area contributed by atoms with E-state index in [4.69, 9.17) is 4.74 Å². The van der Waals surface area contributed by atoms with E-state index < -0.39 is 47.5 Å². The van der Waals surface area contributed by atoms with Crippen LogP contribution in [0, 0.1) is 29.1 Å². The molecule has 3 saturated carbocycles. The van der Waals surface area contributed by atoms with Crippen molar-refractivity contribution in [3.63, 3.8) is 0 Å². The lowest BCUT2D eigenvalue weighted by Gasteiger charge is -2.35. The van der Waals surface area contributed by atoms with Crippen LogP contribution in [0.5, 0.6) is 0 Å². The molecule has 1 saturated heterocycles. The van der Waals surface area contributed by atoms with Gasteiger partial charge in [-0.3, -0.25) is 14.4 Å². The number of nitrogens with one attached hydrogen (secondary N) is 2. The molecule has 3 aliphatic carbocycles. The maximum atomic E-state index is 14.0. The number of Topliss-reactive ketones (excluding diaryl/α,β-unsaturated/α-hetero) is 1. The van der Waals surface area contributed by atoms with E-state index in [0.717, 1.165) is 38.5 Å². The molecule has 4 aliphatic rings. The van der Waals surface area contributed by atoms with Gasteiger partial charge in [-0.2, -0.15) is 0 Å². The molecule has 5 atom stereocenters. The number of nitrogens with zero attached hydrogens (tertiary/aromatic N) is 1. The fourth-order valence-electron chi connectivity index (χ4n) is 6.42. The van der Waals surface area contributed by atoms with Crippen molar-refractivity contribution in [3.05, 3.63) is 0 Å². The average Bonchev–Trinajstić information content (AvgIpc) is 3.49. The summed E-state index contributed by atoms with van der Waals surface area (Å²) in [4.78, 5) is 65.5. The molecule has 10 heteroatoms. The second kappa shape index (κ2) is 9.91. The molecule has 206 valence electrons. The molecule has 10 nitrogen and oxygen atoms in total. The fraction of sp³-hybridized carbons (Fsp3) is 0.815. The van der Waals surface area contributed by atoms with E-state index in [2.05, 4.69) is 24.5 Å². The van der Waals surface area contributed by atoms with Crippen molar-refractivity contribution >= 4 is 29.7 Å². The summed E-state index contributed by atoms with van der Waals surface area (Å²) in [5, 5.41) is 14.8. The summed E-state index contributed by atoms with van der Waals surface area (Å²) >= 11 is 0. The molecular formula is C27H41N3O7. The van der Waals surface area contributed by atoms with E-state index in [0.29, 0.717) is 13.0 Å². The Hall–Kier alpha value is -2.65. The van der Waals surface area contributed by atoms with Crippen LogP contribution in [0.1, 0.15) is 79.6 Å². The smallest absolute Gasteiger partial charge is 0.408 e. The first-order valence-corrected chi connectivity index (χ1v) is 13.6. The Kier molecular flexibility index (Phi) is 7.33. The first-order valence-electron chi connectivity index (χ1n) is 13.6. The normalized spacial score (nSPS) is 28.1. The minimum atomic E-state index is -1.57. The Morgan fingerprint density at radius 3 is 2.19 bits per heavy atom. The fourth-order valence-corrected chi connectivity index (χ4v) is 6.42. The molecule has 1 aliphatic heterocycles. The van der Waals surface area contributed by atoms with Gasteiger partial charge in [-0.05, 0) is 69.1 Å². The standard InChI is InChI=1S/C27H41N3O7/c1-26(2,3)37-25(36)29-19(15-8-6-7-9-15)23(33)30-13-16-18(27(16,4)5)20(30)22(32)28-17(12-14-10-11-14)21(31)24(34)35/h14-20H,6-13H2,1-5H3,(H,28,32)(H,29,36)(H,34,35). The van der Waals surface area contributed by atoms with Gasteiger partial charge in [0.2, 0.25) is 11.8 Å². The number of alkyl carbamates (subject to hydrolysis) is 1. The Morgan fingerprint density at radius 2 is 1.65 bits per heavy atom. The van der Waals surface area contributed by atoms with Crippen molar-refractivity contribution in [2.45, 2.75) is 103 Å². The van der Waals surface area contributed by atoms with E-state index >= 15 is 0 Å². The number of carbonyl (C=O) groups excluding carboxylic acids is 4. The van der Waals surface area contributed by atoms with E-state index in [9.17, 15) is 29.1 Å². The molecule has 0 bridgehead atoms. The third kappa shape index (κ3) is 5.93. The van der Waals surface area contributed by atoms with E-state index in [1.807, 2.05) is 0 Å². The number of ketones is 1. The van der Waals surface area contributed by atoms with Crippen molar-refractivity contribution in [1.29, 1.82) is 0 Å². The molecule has 4 rings (SSSR count). The summed E-state index contributed by atoms with van der Waals surface area (Å²) in [6.45, 7) is 9.77. The third-order valence-corrected chi connectivity index (χ3v) is 8.68. The zero-order valence-electron chi connectivity index (χ0n) is 22.5. The zero-order valence-corrected chi connectivity index (χ0v) is 22.5. The van der Waals surface area contributed by atoms with Gasteiger partial charge in [0.15, 0.2) is 0 Å². The van der Waals surface area contributed by atoms with E-state index in [1.165, 1.54) is 0 Å². The predicted molar refractivity (Wildman–Crippen MR) is 133 cm³/mol. The predicted octanol–water partition coefficient (Wildman–Crippen LogP) is 2.49. The summed E-state index contributed by atoms with van der Waals surface area (Å²) in [5.41, 5.74) is -0.870. The van der Waals surface area contributed by atoms with Crippen molar-refractivity contribution in [2.75, 3.05) is 6.54 Å². The highest BCUT2D eigenvalue weighted by Crippen LogP contribution is 2.65. The van der Waals surface area contributed by atoms with Crippen molar-refractivity contribution < 1.29 is 33.8 Å². The molecule has 0 aromatic heterocycles. The SMILES string of the molecule is CC(C)(C)OC(=O)NC(C(=O)N1CC2C(C1C(=O)NC(CC1CC1)C(=O)C(=O)O)C2(C)C)C1CCCC1. The Morgan fingerprint density at radius 1 is 1.03 bits per heavy atom. The molecule has 0 aromatic rings. The number of likely N-dealkylation sites (tertiary alicyclic amines) is 1. The zero-order chi connectivity index (χ0) is 27.3. The first kappa shape index (κ1) is 27.4. The molecule has 3 amide bonds. The number of fused-ring (bicyclic) bond motifs is 1. The van der Waals surface area contributed by atoms with E-state index in [-0.39, 0.29) is 35.0 Å². The number of rotatable bonds is 9. The Labute approximate surface area is 218 Å². The summed E-state index contributed by atoms with van der Waals surface area (Å²) in [7, 11) is 0. The topological polar surface area (TPSA) is 142 Å².